The topological polar surface area (TPSA) is 92.5 Å². The summed E-state index contributed by atoms with van der Waals surface area (Å²) in [7, 11) is 0. The number of rotatable bonds is 4. The van der Waals surface area contributed by atoms with Crippen LogP contribution in [0.5, 0.6) is 0 Å². The van der Waals surface area contributed by atoms with Crippen LogP contribution in [-0.4, -0.2) is 15.9 Å². The van der Waals surface area contributed by atoms with E-state index in [4.69, 9.17) is 0 Å². The van der Waals surface area contributed by atoms with Crippen LogP contribution in [0.4, 0.5) is 11.4 Å². The molecule has 0 saturated carbocycles. The Hall–Kier alpha value is -2.73. The van der Waals surface area contributed by atoms with E-state index in [0.717, 1.165) is 0 Å². The van der Waals surface area contributed by atoms with Gasteiger partial charge in [-0.1, -0.05) is 18.2 Å². The molecule has 0 bridgehead atoms. The molecular formula is C15H14N2O4. The fourth-order valence-corrected chi connectivity index (χ4v) is 1.84. The van der Waals surface area contributed by atoms with Crippen molar-refractivity contribution in [2.45, 2.75) is 13.0 Å². The molecule has 2 N–H and O–H groups in total. The van der Waals surface area contributed by atoms with Gasteiger partial charge in [-0.25, -0.2) is 0 Å². The number of aliphatic hydroxyl groups is 1. The summed E-state index contributed by atoms with van der Waals surface area (Å²) < 4.78 is 0. The normalized spacial score (nSPS) is 11.7. The van der Waals surface area contributed by atoms with Gasteiger partial charge < -0.3 is 10.4 Å². The van der Waals surface area contributed by atoms with Crippen molar-refractivity contribution in [1.29, 1.82) is 0 Å². The third-order valence-corrected chi connectivity index (χ3v) is 2.95. The SMILES string of the molecule is C[C@@H](O)c1cccc(NC(=O)c2cccc([N+](=O)[O-])c2)c1. The minimum Gasteiger partial charge on any atom is -0.389 e. The molecule has 0 fully saturated rings. The van der Waals surface area contributed by atoms with Crippen LogP contribution in [0.1, 0.15) is 28.9 Å². The molecule has 2 rings (SSSR count). The van der Waals surface area contributed by atoms with Crippen LogP contribution in [0, 0.1) is 10.1 Å². The Morgan fingerprint density at radius 2 is 1.95 bits per heavy atom. The number of anilines is 1. The van der Waals surface area contributed by atoms with Crippen molar-refractivity contribution in [2.75, 3.05) is 5.32 Å². The molecule has 0 saturated heterocycles. The maximum absolute atomic E-state index is 12.1. The lowest BCUT2D eigenvalue weighted by Crippen LogP contribution is -2.12. The van der Waals surface area contributed by atoms with Crippen molar-refractivity contribution in [3.63, 3.8) is 0 Å². The summed E-state index contributed by atoms with van der Waals surface area (Å²) in [6.45, 7) is 1.63. The molecule has 0 heterocycles. The maximum Gasteiger partial charge on any atom is 0.270 e. The third-order valence-electron chi connectivity index (χ3n) is 2.95. The second-order valence-electron chi connectivity index (χ2n) is 4.56. The van der Waals surface area contributed by atoms with E-state index in [1.807, 2.05) is 0 Å². The number of amides is 1. The van der Waals surface area contributed by atoms with E-state index < -0.39 is 16.9 Å². The zero-order chi connectivity index (χ0) is 15.4. The maximum atomic E-state index is 12.1. The minimum atomic E-state index is -0.639. The Bertz CT molecular complexity index is 683. The number of benzene rings is 2. The van der Waals surface area contributed by atoms with Crippen LogP contribution >= 0.6 is 0 Å². The fourth-order valence-electron chi connectivity index (χ4n) is 1.84. The third kappa shape index (κ3) is 3.64. The molecule has 0 aliphatic carbocycles. The zero-order valence-electron chi connectivity index (χ0n) is 11.3. The molecule has 6 heteroatoms. The number of carbonyl (C=O) groups is 1. The Balaban J connectivity index is 2.20. The Morgan fingerprint density at radius 3 is 2.62 bits per heavy atom. The first-order chi connectivity index (χ1) is 9.97. The summed E-state index contributed by atoms with van der Waals surface area (Å²) in [5.41, 5.74) is 1.25. The summed E-state index contributed by atoms with van der Waals surface area (Å²) in [4.78, 5) is 22.2. The van der Waals surface area contributed by atoms with Gasteiger partial charge in [-0.3, -0.25) is 14.9 Å². The Kier molecular flexibility index (Phi) is 4.30. The van der Waals surface area contributed by atoms with Crippen LogP contribution in [0.3, 0.4) is 0 Å². The van der Waals surface area contributed by atoms with Crippen molar-refractivity contribution in [3.05, 3.63) is 69.8 Å². The highest BCUT2D eigenvalue weighted by Gasteiger charge is 2.12. The van der Waals surface area contributed by atoms with Gasteiger partial charge in [-0.2, -0.15) is 0 Å². The second kappa shape index (κ2) is 6.15. The molecule has 108 valence electrons. The lowest BCUT2D eigenvalue weighted by molar-refractivity contribution is -0.384. The highest BCUT2D eigenvalue weighted by Crippen LogP contribution is 2.19. The van der Waals surface area contributed by atoms with Crippen LogP contribution in [0.25, 0.3) is 0 Å². The van der Waals surface area contributed by atoms with Gasteiger partial charge in [0.05, 0.1) is 11.0 Å². The second-order valence-corrected chi connectivity index (χ2v) is 4.56. The molecular weight excluding hydrogens is 272 g/mol. The Morgan fingerprint density at radius 1 is 1.24 bits per heavy atom. The van der Waals surface area contributed by atoms with Crippen molar-refractivity contribution in [1.82, 2.24) is 0 Å². The van der Waals surface area contributed by atoms with E-state index in [-0.39, 0.29) is 11.3 Å². The van der Waals surface area contributed by atoms with E-state index >= 15 is 0 Å². The average molecular weight is 286 g/mol. The molecule has 0 radical (unpaired) electrons. The van der Waals surface area contributed by atoms with Gasteiger partial charge in [0.1, 0.15) is 0 Å². The van der Waals surface area contributed by atoms with Crippen LogP contribution in [-0.2, 0) is 0 Å². The number of nitro benzene ring substituents is 1. The average Bonchev–Trinajstić information content (AvgIpc) is 2.47. The van der Waals surface area contributed by atoms with E-state index in [9.17, 15) is 20.0 Å². The van der Waals surface area contributed by atoms with Gasteiger partial charge >= 0.3 is 0 Å². The van der Waals surface area contributed by atoms with E-state index in [1.165, 1.54) is 24.3 Å². The first kappa shape index (κ1) is 14.7. The van der Waals surface area contributed by atoms with Crippen LogP contribution in [0.2, 0.25) is 0 Å². The molecule has 0 spiro atoms. The summed E-state index contributed by atoms with van der Waals surface area (Å²) in [5.74, 6) is -0.443. The molecule has 6 nitrogen and oxygen atoms in total. The highest BCUT2D eigenvalue weighted by molar-refractivity contribution is 6.04. The van der Waals surface area contributed by atoms with Gasteiger partial charge in [0.2, 0.25) is 0 Å². The van der Waals surface area contributed by atoms with Gasteiger partial charge in [-0.15, -0.1) is 0 Å². The summed E-state index contributed by atoms with van der Waals surface area (Å²) in [5, 5.41) is 22.9. The Labute approximate surface area is 121 Å². The summed E-state index contributed by atoms with van der Waals surface area (Å²) in [6, 6.07) is 12.3. The summed E-state index contributed by atoms with van der Waals surface area (Å²) >= 11 is 0. The predicted octanol–water partition coefficient (Wildman–Crippen LogP) is 2.90. The predicted molar refractivity (Wildman–Crippen MR) is 78.1 cm³/mol. The van der Waals surface area contributed by atoms with E-state index in [0.29, 0.717) is 11.3 Å². The number of carbonyl (C=O) groups excluding carboxylic acids is 1. The van der Waals surface area contributed by atoms with Crippen LogP contribution < -0.4 is 5.32 Å². The molecule has 2 aromatic rings. The van der Waals surface area contributed by atoms with Crippen molar-refractivity contribution in [2.24, 2.45) is 0 Å². The monoisotopic (exact) mass is 286 g/mol. The van der Waals surface area contributed by atoms with Crippen molar-refractivity contribution in [3.8, 4) is 0 Å². The van der Waals surface area contributed by atoms with Crippen LogP contribution in [0.15, 0.2) is 48.5 Å². The summed E-state index contributed by atoms with van der Waals surface area (Å²) in [6.07, 6.45) is -0.639. The number of hydrogen-bond acceptors (Lipinski definition) is 4. The smallest absolute Gasteiger partial charge is 0.270 e. The first-order valence-electron chi connectivity index (χ1n) is 6.31. The molecule has 0 aromatic heterocycles. The molecule has 2 aromatic carbocycles. The molecule has 0 aliphatic rings. The van der Waals surface area contributed by atoms with E-state index in [1.54, 1.807) is 31.2 Å². The standard InChI is InChI=1S/C15H14N2O4/c1-10(18)11-4-2-6-13(8-11)16-15(19)12-5-3-7-14(9-12)17(20)21/h2-10,18H,1H3,(H,16,19)/t10-/m1/s1. The molecule has 1 amide bonds. The van der Waals surface area contributed by atoms with Crippen molar-refractivity contribution >= 4 is 17.3 Å². The zero-order valence-corrected chi connectivity index (χ0v) is 11.3. The lowest BCUT2D eigenvalue weighted by atomic mass is 10.1. The molecule has 0 aliphatic heterocycles. The number of aliphatic hydroxyl groups excluding tert-OH is 1. The number of nitro groups is 1. The van der Waals surface area contributed by atoms with Crippen molar-refractivity contribution < 1.29 is 14.8 Å². The lowest BCUT2D eigenvalue weighted by Gasteiger charge is -2.09. The van der Waals surface area contributed by atoms with Gasteiger partial charge in [0.25, 0.3) is 11.6 Å². The number of nitrogens with zero attached hydrogens (tertiary/aromatic N) is 1. The molecule has 0 unspecified atom stereocenters. The number of non-ortho nitro benzene ring substituents is 1. The minimum absolute atomic E-state index is 0.139. The fraction of sp³-hybridized carbons (Fsp3) is 0.133. The first-order valence-corrected chi connectivity index (χ1v) is 6.31. The highest BCUT2D eigenvalue weighted by atomic mass is 16.6. The van der Waals surface area contributed by atoms with E-state index in [2.05, 4.69) is 5.32 Å². The number of hydrogen-bond donors (Lipinski definition) is 2. The number of nitrogens with one attached hydrogen (secondary N) is 1. The molecule has 21 heavy (non-hydrogen) atoms. The molecule has 1 atom stereocenters. The largest absolute Gasteiger partial charge is 0.389 e. The van der Waals surface area contributed by atoms with Gasteiger partial charge in [0, 0.05) is 23.4 Å². The quantitative estimate of drug-likeness (QED) is 0.667. The van der Waals surface area contributed by atoms with Gasteiger partial charge in [0.15, 0.2) is 0 Å². The van der Waals surface area contributed by atoms with Gasteiger partial charge in [-0.05, 0) is 30.7 Å².